The van der Waals surface area contributed by atoms with E-state index in [1.54, 1.807) is 17.1 Å². The van der Waals surface area contributed by atoms with Crippen LogP contribution in [0.1, 0.15) is 68.7 Å². The number of aliphatic hydroxyl groups is 1. The van der Waals surface area contributed by atoms with Crippen LogP contribution < -0.4 is 10.2 Å². The molecule has 5 rings (SSSR count). The fourth-order valence-corrected chi connectivity index (χ4v) is 8.33. The number of para-hydroxylation sites is 1. The smallest absolute Gasteiger partial charge is 0.306 e. The first-order chi connectivity index (χ1) is 24.0. The van der Waals surface area contributed by atoms with Crippen molar-refractivity contribution in [1.82, 2.24) is 10.2 Å². The number of allylic oxidation sites excluding steroid dienone is 1. The van der Waals surface area contributed by atoms with Gasteiger partial charge in [0.05, 0.1) is 36.6 Å². The van der Waals surface area contributed by atoms with Crippen molar-refractivity contribution in [3.05, 3.63) is 90.5 Å². The van der Waals surface area contributed by atoms with Crippen molar-refractivity contribution in [3.63, 3.8) is 0 Å². The number of anilines is 1. The van der Waals surface area contributed by atoms with E-state index in [9.17, 15) is 19.5 Å². The van der Waals surface area contributed by atoms with Crippen molar-refractivity contribution in [3.8, 4) is 0 Å². The van der Waals surface area contributed by atoms with E-state index in [4.69, 9.17) is 9.47 Å². The minimum Gasteiger partial charge on any atom is -0.463 e. The quantitative estimate of drug-likeness (QED) is 0.189. The van der Waals surface area contributed by atoms with Gasteiger partial charge in [-0.25, -0.2) is 0 Å². The Morgan fingerprint density at radius 1 is 1.10 bits per heavy atom. The summed E-state index contributed by atoms with van der Waals surface area (Å²) < 4.78 is 12.3. The van der Waals surface area contributed by atoms with E-state index < -0.39 is 53.5 Å². The molecule has 3 aliphatic rings. The van der Waals surface area contributed by atoms with Gasteiger partial charge in [-0.2, -0.15) is 0 Å². The summed E-state index contributed by atoms with van der Waals surface area (Å²) in [7, 11) is 0. The molecule has 50 heavy (non-hydrogen) atoms. The van der Waals surface area contributed by atoms with Gasteiger partial charge in [-0.05, 0) is 62.1 Å². The summed E-state index contributed by atoms with van der Waals surface area (Å²) in [5.74, 6) is -3.20. The van der Waals surface area contributed by atoms with Gasteiger partial charge in [-0.1, -0.05) is 74.5 Å². The van der Waals surface area contributed by atoms with E-state index in [1.807, 2.05) is 76.2 Å². The summed E-state index contributed by atoms with van der Waals surface area (Å²) in [5.41, 5.74) is 2.02. The standard InChI is InChI=1S/C40H51N3O7/c1-7-9-18-32(45)49-24-30(28-16-11-10-12-17-28)41-37(46)33-31-19-20-40(50-31)34(33)38(47)43(29(23-44)22-25(3)4)36(40)39(48)42(21-8-2)35-26(5)14-13-15-27(35)6/h7-8,10-17,25,29-31,33-34,36,44H,1-2,9,18-24H2,3-6H3,(H,41,46)/t29-,30-,31-,33+,34+,36-,40+/m1/s1. The molecule has 3 aliphatic heterocycles. The van der Waals surface area contributed by atoms with Gasteiger partial charge in [0.2, 0.25) is 11.8 Å². The minimum absolute atomic E-state index is 0.0891. The average Bonchev–Trinajstić information content (AvgIpc) is 3.74. The molecular formula is C40H51N3O7. The molecule has 0 saturated carbocycles. The fourth-order valence-electron chi connectivity index (χ4n) is 8.33. The maximum Gasteiger partial charge on any atom is 0.306 e. The first-order valence-corrected chi connectivity index (χ1v) is 17.7. The Morgan fingerprint density at radius 2 is 1.80 bits per heavy atom. The molecule has 2 bridgehead atoms. The maximum atomic E-state index is 15.1. The normalized spacial score (nSPS) is 24.8. The third-order valence-electron chi connectivity index (χ3n) is 10.4. The number of hydrogen-bond donors (Lipinski definition) is 2. The molecule has 0 unspecified atom stereocenters. The summed E-state index contributed by atoms with van der Waals surface area (Å²) in [6.07, 6.45) is 4.75. The first-order valence-electron chi connectivity index (χ1n) is 17.7. The van der Waals surface area contributed by atoms with Crippen molar-refractivity contribution in [2.75, 3.05) is 24.7 Å². The van der Waals surface area contributed by atoms with Gasteiger partial charge in [0.25, 0.3) is 5.91 Å². The summed E-state index contributed by atoms with van der Waals surface area (Å²) in [6, 6.07) is 12.7. The Morgan fingerprint density at radius 3 is 2.42 bits per heavy atom. The van der Waals surface area contributed by atoms with Gasteiger partial charge in [-0.15, -0.1) is 13.2 Å². The van der Waals surface area contributed by atoms with Gasteiger partial charge in [0.1, 0.15) is 18.2 Å². The van der Waals surface area contributed by atoms with E-state index in [0.717, 1.165) is 22.4 Å². The van der Waals surface area contributed by atoms with Crippen LogP contribution in [-0.4, -0.2) is 77.2 Å². The van der Waals surface area contributed by atoms with Gasteiger partial charge in [-0.3, -0.25) is 19.2 Å². The Bertz CT molecular complexity index is 1570. The first kappa shape index (κ1) is 37.0. The lowest BCUT2D eigenvalue weighted by molar-refractivity contribution is -0.146. The second-order valence-corrected chi connectivity index (χ2v) is 14.2. The molecule has 10 heteroatoms. The fraction of sp³-hybridized carbons (Fsp3) is 0.500. The molecule has 2 N–H and O–H groups in total. The van der Waals surface area contributed by atoms with Crippen LogP contribution in [0.3, 0.4) is 0 Å². The number of carbonyl (C=O) groups is 4. The van der Waals surface area contributed by atoms with Gasteiger partial charge in [0, 0.05) is 18.7 Å². The van der Waals surface area contributed by atoms with Crippen molar-refractivity contribution in [2.45, 2.75) is 89.6 Å². The predicted molar refractivity (Wildman–Crippen MR) is 191 cm³/mol. The number of likely N-dealkylation sites (tertiary alicyclic amines) is 1. The number of amides is 3. The predicted octanol–water partition coefficient (Wildman–Crippen LogP) is 4.97. The number of nitrogens with zero attached hydrogens (tertiary/aromatic N) is 2. The van der Waals surface area contributed by atoms with E-state index >= 15 is 4.79 Å². The van der Waals surface area contributed by atoms with Crippen LogP contribution in [0.4, 0.5) is 5.69 Å². The van der Waals surface area contributed by atoms with Crippen molar-refractivity contribution in [2.24, 2.45) is 17.8 Å². The summed E-state index contributed by atoms with van der Waals surface area (Å²) in [6.45, 7) is 15.3. The molecule has 3 saturated heterocycles. The lowest BCUT2D eigenvalue weighted by Crippen LogP contribution is -2.59. The summed E-state index contributed by atoms with van der Waals surface area (Å²) >= 11 is 0. The molecule has 7 atom stereocenters. The monoisotopic (exact) mass is 685 g/mol. The number of rotatable bonds is 16. The molecule has 3 fully saturated rings. The maximum absolute atomic E-state index is 15.1. The van der Waals surface area contributed by atoms with Crippen molar-refractivity contribution >= 4 is 29.4 Å². The van der Waals surface area contributed by atoms with Crippen LogP contribution in [0.15, 0.2) is 73.8 Å². The molecule has 2 aromatic carbocycles. The van der Waals surface area contributed by atoms with E-state index in [0.29, 0.717) is 25.7 Å². The molecule has 0 aromatic heterocycles. The summed E-state index contributed by atoms with van der Waals surface area (Å²) in [4.78, 5) is 59.9. The van der Waals surface area contributed by atoms with E-state index in [2.05, 4.69) is 18.5 Å². The molecule has 10 nitrogen and oxygen atoms in total. The van der Waals surface area contributed by atoms with Crippen LogP contribution in [0.2, 0.25) is 0 Å². The molecule has 0 radical (unpaired) electrons. The highest BCUT2D eigenvalue weighted by molar-refractivity contribution is 6.05. The van der Waals surface area contributed by atoms with E-state index in [-0.39, 0.29) is 43.9 Å². The Hall–Kier alpha value is -4.28. The third kappa shape index (κ3) is 7.01. The second kappa shape index (κ2) is 15.7. The van der Waals surface area contributed by atoms with Crippen LogP contribution >= 0.6 is 0 Å². The lowest BCUT2D eigenvalue weighted by atomic mass is 9.70. The molecule has 2 aromatic rings. The molecule has 1 spiro atoms. The Kier molecular flexibility index (Phi) is 11.6. The number of esters is 1. The van der Waals surface area contributed by atoms with Crippen molar-refractivity contribution in [1.29, 1.82) is 0 Å². The number of ether oxygens (including phenoxy) is 2. The number of aliphatic hydroxyl groups excluding tert-OH is 1. The zero-order valence-electron chi connectivity index (χ0n) is 29.7. The van der Waals surface area contributed by atoms with Crippen LogP contribution in [0.25, 0.3) is 0 Å². The third-order valence-corrected chi connectivity index (χ3v) is 10.4. The molecule has 3 amide bonds. The summed E-state index contributed by atoms with van der Waals surface area (Å²) in [5, 5.41) is 13.8. The van der Waals surface area contributed by atoms with Crippen LogP contribution in [0, 0.1) is 31.6 Å². The highest BCUT2D eigenvalue weighted by atomic mass is 16.5. The number of carbonyl (C=O) groups excluding carboxylic acids is 4. The molecular weight excluding hydrogens is 634 g/mol. The highest BCUT2D eigenvalue weighted by Crippen LogP contribution is 2.59. The second-order valence-electron chi connectivity index (χ2n) is 14.2. The Labute approximate surface area is 295 Å². The number of fused-ring (bicyclic) bond motifs is 1. The number of nitrogens with one attached hydrogen (secondary N) is 1. The molecule has 3 heterocycles. The zero-order chi connectivity index (χ0) is 36.2. The molecule has 0 aliphatic carbocycles. The van der Waals surface area contributed by atoms with Gasteiger partial charge in [0.15, 0.2) is 0 Å². The van der Waals surface area contributed by atoms with Crippen LogP contribution in [-0.2, 0) is 28.7 Å². The largest absolute Gasteiger partial charge is 0.463 e. The van der Waals surface area contributed by atoms with Crippen LogP contribution in [0.5, 0.6) is 0 Å². The van der Waals surface area contributed by atoms with E-state index in [1.165, 1.54) is 4.90 Å². The SMILES string of the molecule is C=CCCC(=O)OC[C@@H](NC(=O)[C@@H]1[C@H]2C(=O)N([C@@H](CO)CC(C)C)[C@H](C(=O)N(CC=C)c3c(C)cccc3C)[C@]23CC[C@H]1O3)c1ccccc1. The topological polar surface area (TPSA) is 125 Å². The zero-order valence-corrected chi connectivity index (χ0v) is 29.7. The van der Waals surface area contributed by atoms with Gasteiger partial charge < -0.3 is 29.7 Å². The minimum atomic E-state index is -1.26. The number of benzene rings is 2. The Balaban J connectivity index is 1.52. The van der Waals surface area contributed by atoms with Gasteiger partial charge >= 0.3 is 5.97 Å². The average molecular weight is 686 g/mol. The number of hydrogen-bond acceptors (Lipinski definition) is 7. The molecule has 268 valence electrons. The number of aryl methyl sites for hydroxylation is 2. The lowest BCUT2D eigenvalue weighted by Gasteiger charge is -2.40. The van der Waals surface area contributed by atoms with Crippen molar-refractivity contribution < 1.29 is 33.8 Å². The highest BCUT2D eigenvalue weighted by Gasteiger charge is 2.75.